The highest BCUT2D eigenvalue weighted by Crippen LogP contribution is 2.32. The van der Waals surface area contributed by atoms with Gasteiger partial charge in [-0.3, -0.25) is 19.9 Å². The molecule has 4 heterocycles. The van der Waals surface area contributed by atoms with Crippen LogP contribution in [0, 0.1) is 5.82 Å². The standard InChI is InChI=1S/C22H18FN7O/c1-2-5-17(31)26-13-8-12(9-24-10-13)20-19(23)18-16(11-25-20)29-30-21(18)22-27-14-6-3-4-7-15(14)28-22/h3-4,6-11H,2,5H2,1H3,(H,26,31)(H,27,28)(H,29,30). The predicted octanol–water partition coefficient (Wildman–Crippen LogP) is 4.44. The van der Waals surface area contributed by atoms with Crippen molar-refractivity contribution in [1.82, 2.24) is 30.1 Å². The van der Waals surface area contributed by atoms with E-state index in [0.717, 1.165) is 17.5 Å². The van der Waals surface area contributed by atoms with E-state index in [0.29, 0.717) is 34.7 Å². The van der Waals surface area contributed by atoms with Crippen molar-refractivity contribution in [1.29, 1.82) is 0 Å². The normalized spacial score (nSPS) is 11.3. The van der Waals surface area contributed by atoms with E-state index >= 15 is 4.39 Å². The molecule has 3 N–H and O–H groups in total. The van der Waals surface area contributed by atoms with Crippen LogP contribution < -0.4 is 5.32 Å². The molecule has 0 bridgehead atoms. The topological polar surface area (TPSA) is 112 Å². The Bertz CT molecular complexity index is 1390. The third-order valence-corrected chi connectivity index (χ3v) is 4.93. The van der Waals surface area contributed by atoms with Crippen molar-refractivity contribution < 1.29 is 9.18 Å². The smallest absolute Gasteiger partial charge is 0.224 e. The van der Waals surface area contributed by atoms with Gasteiger partial charge in [0.2, 0.25) is 5.91 Å². The molecule has 0 atom stereocenters. The number of aromatic amines is 2. The fourth-order valence-corrected chi connectivity index (χ4v) is 3.50. The summed E-state index contributed by atoms with van der Waals surface area (Å²) in [6, 6.07) is 9.20. The fourth-order valence-electron chi connectivity index (χ4n) is 3.50. The number of para-hydroxylation sites is 2. The SMILES string of the molecule is CCCC(=O)Nc1cncc(-c2ncc3[nH]nc(-c4nc5ccccc5[nH]4)c3c2F)c1. The van der Waals surface area contributed by atoms with E-state index in [1.807, 2.05) is 31.2 Å². The Labute approximate surface area is 176 Å². The number of imidazole rings is 1. The number of hydrogen-bond donors (Lipinski definition) is 3. The number of nitrogens with zero attached hydrogens (tertiary/aromatic N) is 4. The summed E-state index contributed by atoms with van der Waals surface area (Å²) in [5.74, 6) is -0.199. The molecule has 0 saturated heterocycles. The molecule has 9 heteroatoms. The van der Waals surface area contributed by atoms with E-state index in [1.165, 1.54) is 18.6 Å². The molecule has 0 spiro atoms. The van der Waals surface area contributed by atoms with Gasteiger partial charge in [-0.25, -0.2) is 9.37 Å². The van der Waals surface area contributed by atoms with Crippen molar-refractivity contribution in [2.75, 3.05) is 5.32 Å². The molecule has 0 fully saturated rings. The van der Waals surface area contributed by atoms with Crippen LogP contribution in [0.5, 0.6) is 0 Å². The molecule has 0 radical (unpaired) electrons. The average molecular weight is 415 g/mol. The highest BCUT2D eigenvalue weighted by molar-refractivity contribution is 5.96. The van der Waals surface area contributed by atoms with Crippen LogP contribution in [-0.4, -0.2) is 36.0 Å². The Kier molecular flexibility index (Phi) is 4.62. The number of rotatable bonds is 5. The second-order valence-electron chi connectivity index (χ2n) is 7.14. The third-order valence-electron chi connectivity index (χ3n) is 4.93. The van der Waals surface area contributed by atoms with Crippen molar-refractivity contribution in [3.8, 4) is 22.8 Å². The van der Waals surface area contributed by atoms with Gasteiger partial charge in [0.15, 0.2) is 11.6 Å². The molecule has 0 aliphatic rings. The van der Waals surface area contributed by atoms with E-state index in [-0.39, 0.29) is 17.0 Å². The summed E-state index contributed by atoms with van der Waals surface area (Å²) in [6.45, 7) is 1.92. The number of carbonyl (C=O) groups excluding carboxylic acids is 1. The number of halogens is 1. The lowest BCUT2D eigenvalue weighted by Crippen LogP contribution is -2.10. The van der Waals surface area contributed by atoms with E-state index in [9.17, 15) is 4.79 Å². The number of aromatic nitrogens is 6. The van der Waals surface area contributed by atoms with Crippen LogP contribution in [-0.2, 0) is 4.79 Å². The Morgan fingerprint density at radius 1 is 1.13 bits per heavy atom. The lowest BCUT2D eigenvalue weighted by atomic mass is 10.1. The van der Waals surface area contributed by atoms with Gasteiger partial charge in [0.1, 0.15) is 11.4 Å². The van der Waals surface area contributed by atoms with Crippen LogP contribution in [0.25, 0.3) is 44.7 Å². The van der Waals surface area contributed by atoms with Crippen molar-refractivity contribution >= 4 is 33.5 Å². The van der Waals surface area contributed by atoms with Crippen molar-refractivity contribution in [3.63, 3.8) is 0 Å². The van der Waals surface area contributed by atoms with Gasteiger partial charge in [0, 0.05) is 18.2 Å². The summed E-state index contributed by atoms with van der Waals surface area (Å²) in [4.78, 5) is 28.0. The molecule has 4 aromatic heterocycles. The largest absolute Gasteiger partial charge is 0.337 e. The summed E-state index contributed by atoms with van der Waals surface area (Å²) in [5.41, 5.74) is 3.48. The zero-order valence-corrected chi connectivity index (χ0v) is 16.6. The van der Waals surface area contributed by atoms with Gasteiger partial charge in [-0.15, -0.1) is 0 Å². The van der Waals surface area contributed by atoms with E-state index < -0.39 is 5.82 Å². The first kappa shape index (κ1) is 18.9. The minimum absolute atomic E-state index is 0.116. The van der Waals surface area contributed by atoms with Gasteiger partial charge in [-0.1, -0.05) is 19.1 Å². The van der Waals surface area contributed by atoms with E-state index in [2.05, 4.69) is 35.5 Å². The summed E-state index contributed by atoms with van der Waals surface area (Å²) in [6.07, 6.45) is 5.68. The van der Waals surface area contributed by atoms with Gasteiger partial charge in [0.25, 0.3) is 0 Å². The zero-order chi connectivity index (χ0) is 21.4. The first-order valence-corrected chi connectivity index (χ1v) is 9.87. The Balaban J connectivity index is 1.59. The first-order chi connectivity index (χ1) is 15.1. The predicted molar refractivity (Wildman–Crippen MR) is 116 cm³/mol. The molecular weight excluding hydrogens is 397 g/mol. The van der Waals surface area contributed by atoms with E-state index in [1.54, 1.807) is 6.07 Å². The van der Waals surface area contributed by atoms with Crippen LogP contribution in [0.4, 0.5) is 10.1 Å². The summed E-state index contributed by atoms with van der Waals surface area (Å²) in [5, 5.41) is 10.1. The quantitative estimate of drug-likeness (QED) is 0.393. The minimum atomic E-state index is -0.541. The molecule has 0 unspecified atom stereocenters. The molecule has 154 valence electrons. The van der Waals surface area contributed by atoms with Gasteiger partial charge < -0.3 is 10.3 Å². The highest BCUT2D eigenvalue weighted by Gasteiger charge is 2.20. The van der Waals surface area contributed by atoms with Crippen molar-refractivity contribution in [2.45, 2.75) is 19.8 Å². The number of amides is 1. The molecule has 5 aromatic rings. The van der Waals surface area contributed by atoms with Crippen LogP contribution in [0.1, 0.15) is 19.8 Å². The second kappa shape index (κ2) is 7.60. The fraction of sp³-hybridized carbons (Fsp3) is 0.136. The van der Waals surface area contributed by atoms with Crippen molar-refractivity contribution in [3.05, 3.63) is 54.7 Å². The molecule has 31 heavy (non-hydrogen) atoms. The van der Waals surface area contributed by atoms with Gasteiger partial charge in [-0.05, 0) is 24.6 Å². The molecular formula is C22H18FN7O. The second-order valence-corrected chi connectivity index (χ2v) is 7.14. The van der Waals surface area contributed by atoms with Crippen LogP contribution >= 0.6 is 0 Å². The van der Waals surface area contributed by atoms with Crippen LogP contribution in [0.15, 0.2) is 48.9 Å². The van der Waals surface area contributed by atoms with Gasteiger partial charge in [-0.2, -0.15) is 5.10 Å². The van der Waals surface area contributed by atoms with Crippen LogP contribution in [0.3, 0.4) is 0 Å². The molecule has 0 saturated carbocycles. The maximum Gasteiger partial charge on any atom is 0.224 e. The Morgan fingerprint density at radius 3 is 2.84 bits per heavy atom. The maximum atomic E-state index is 15.6. The average Bonchev–Trinajstić information content (AvgIpc) is 3.38. The molecule has 1 aromatic carbocycles. The number of anilines is 1. The van der Waals surface area contributed by atoms with Crippen molar-refractivity contribution in [2.24, 2.45) is 0 Å². The monoisotopic (exact) mass is 415 g/mol. The number of nitrogens with one attached hydrogen (secondary N) is 3. The summed E-state index contributed by atoms with van der Waals surface area (Å²) >= 11 is 0. The number of H-pyrrole nitrogens is 2. The van der Waals surface area contributed by atoms with Crippen LogP contribution in [0.2, 0.25) is 0 Å². The number of benzene rings is 1. The number of pyridine rings is 2. The lowest BCUT2D eigenvalue weighted by Gasteiger charge is -2.07. The number of hydrogen-bond acceptors (Lipinski definition) is 5. The zero-order valence-electron chi connectivity index (χ0n) is 16.6. The summed E-state index contributed by atoms with van der Waals surface area (Å²) < 4.78 is 15.6. The molecule has 0 aliphatic carbocycles. The molecule has 1 amide bonds. The lowest BCUT2D eigenvalue weighted by molar-refractivity contribution is -0.116. The number of fused-ring (bicyclic) bond motifs is 2. The van der Waals surface area contributed by atoms with Gasteiger partial charge >= 0.3 is 0 Å². The minimum Gasteiger partial charge on any atom is -0.337 e. The Morgan fingerprint density at radius 2 is 2.00 bits per heavy atom. The first-order valence-electron chi connectivity index (χ1n) is 9.87. The molecule has 5 rings (SSSR count). The Hall–Kier alpha value is -4.14. The molecule has 0 aliphatic heterocycles. The molecule has 8 nitrogen and oxygen atoms in total. The third kappa shape index (κ3) is 3.39. The highest BCUT2D eigenvalue weighted by atomic mass is 19.1. The summed E-state index contributed by atoms with van der Waals surface area (Å²) in [7, 11) is 0. The number of carbonyl (C=O) groups is 1. The van der Waals surface area contributed by atoms with Gasteiger partial charge in [0.05, 0.1) is 40.0 Å². The maximum absolute atomic E-state index is 15.6. The van der Waals surface area contributed by atoms with E-state index in [4.69, 9.17) is 0 Å².